The van der Waals surface area contributed by atoms with Gasteiger partial charge in [0.25, 0.3) is 0 Å². The van der Waals surface area contributed by atoms with Gasteiger partial charge >= 0.3 is 0 Å². The van der Waals surface area contributed by atoms with Crippen molar-refractivity contribution in [1.29, 1.82) is 0 Å². The molecule has 19 heavy (non-hydrogen) atoms. The van der Waals surface area contributed by atoms with Gasteiger partial charge < -0.3 is 15.1 Å². The van der Waals surface area contributed by atoms with Crippen molar-refractivity contribution in [2.45, 2.75) is 64.6 Å². The second kappa shape index (κ2) is 6.71. The standard InChI is InChI=1S/C15H29N3O/c1-4-17(5-2)11-12(3)18-10-6-7-14(15(18)19)16-13-8-9-13/h12-14,16H,4-11H2,1-3H3. The van der Waals surface area contributed by atoms with Gasteiger partial charge in [-0.2, -0.15) is 0 Å². The van der Waals surface area contributed by atoms with Gasteiger partial charge in [0.2, 0.25) is 5.91 Å². The molecule has 0 bridgehead atoms. The van der Waals surface area contributed by atoms with Gasteiger partial charge in [0.1, 0.15) is 0 Å². The number of nitrogens with one attached hydrogen (secondary N) is 1. The molecule has 1 heterocycles. The summed E-state index contributed by atoms with van der Waals surface area (Å²) in [7, 11) is 0. The molecule has 2 unspecified atom stereocenters. The van der Waals surface area contributed by atoms with Crippen molar-refractivity contribution in [3.63, 3.8) is 0 Å². The van der Waals surface area contributed by atoms with E-state index in [4.69, 9.17) is 0 Å². The molecule has 0 aromatic rings. The van der Waals surface area contributed by atoms with Crippen LogP contribution in [0.4, 0.5) is 0 Å². The number of likely N-dealkylation sites (tertiary alicyclic amines) is 1. The van der Waals surface area contributed by atoms with E-state index < -0.39 is 0 Å². The molecule has 2 aliphatic rings. The van der Waals surface area contributed by atoms with Crippen LogP contribution >= 0.6 is 0 Å². The van der Waals surface area contributed by atoms with Crippen LogP contribution in [0.1, 0.15) is 46.5 Å². The molecule has 1 aliphatic heterocycles. The van der Waals surface area contributed by atoms with Crippen molar-refractivity contribution < 1.29 is 4.79 Å². The van der Waals surface area contributed by atoms with Crippen LogP contribution in [0.3, 0.4) is 0 Å². The van der Waals surface area contributed by atoms with E-state index in [1.165, 1.54) is 12.8 Å². The van der Waals surface area contributed by atoms with E-state index in [1.807, 2.05) is 0 Å². The third-order valence-electron chi connectivity index (χ3n) is 4.44. The lowest BCUT2D eigenvalue weighted by atomic mass is 10.0. The number of likely N-dealkylation sites (N-methyl/N-ethyl adjacent to an activating group) is 1. The Morgan fingerprint density at radius 3 is 2.58 bits per heavy atom. The van der Waals surface area contributed by atoms with Crippen LogP contribution in [-0.4, -0.2) is 60.0 Å². The lowest BCUT2D eigenvalue weighted by molar-refractivity contribution is -0.138. The minimum Gasteiger partial charge on any atom is -0.337 e. The Labute approximate surface area is 117 Å². The highest BCUT2D eigenvalue weighted by Gasteiger charge is 2.35. The summed E-state index contributed by atoms with van der Waals surface area (Å²) < 4.78 is 0. The highest BCUT2D eigenvalue weighted by Crippen LogP contribution is 2.23. The summed E-state index contributed by atoms with van der Waals surface area (Å²) in [6.07, 6.45) is 4.65. The number of carbonyl (C=O) groups is 1. The summed E-state index contributed by atoms with van der Waals surface area (Å²) >= 11 is 0. The molecule has 0 radical (unpaired) electrons. The predicted octanol–water partition coefficient (Wildman–Crippen LogP) is 1.46. The molecule has 2 fully saturated rings. The van der Waals surface area contributed by atoms with Crippen LogP contribution in [0.2, 0.25) is 0 Å². The first-order valence-corrected chi connectivity index (χ1v) is 7.94. The molecule has 4 heteroatoms. The van der Waals surface area contributed by atoms with E-state index in [1.54, 1.807) is 0 Å². The molecule has 2 atom stereocenters. The van der Waals surface area contributed by atoms with Gasteiger partial charge in [-0.1, -0.05) is 13.8 Å². The van der Waals surface area contributed by atoms with Gasteiger partial charge in [-0.3, -0.25) is 4.79 Å². The van der Waals surface area contributed by atoms with Crippen molar-refractivity contribution >= 4 is 5.91 Å². The quantitative estimate of drug-likeness (QED) is 0.758. The minimum absolute atomic E-state index is 0.0837. The average Bonchev–Trinajstić information content (AvgIpc) is 3.22. The molecule has 4 nitrogen and oxygen atoms in total. The average molecular weight is 267 g/mol. The third kappa shape index (κ3) is 3.93. The zero-order chi connectivity index (χ0) is 13.8. The van der Waals surface area contributed by atoms with E-state index in [9.17, 15) is 4.79 Å². The number of nitrogens with zero attached hydrogens (tertiary/aromatic N) is 2. The minimum atomic E-state index is 0.0837. The van der Waals surface area contributed by atoms with E-state index in [2.05, 4.69) is 35.9 Å². The van der Waals surface area contributed by atoms with E-state index in [-0.39, 0.29) is 6.04 Å². The summed E-state index contributed by atoms with van der Waals surface area (Å²) in [5.74, 6) is 0.331. The van der Waals surface area contributed by atoms with Crippen molar-refractivity contribution in [2.75, 3.05) is 26.2 Å². The monoisotopic (exact) mass is 267 g/mol. The molecule has 110 valence electrons. The molecule has 0 spiro atoms. The highest BCUT2D eigenvalue weighted by atomic mass is 16.2. The summed E-state index contributed by atoms with van der Waals surface area (Å²) in [4.78, 5) is 17.0. The first kappa shape index (κ1) is 14.8. The fourth-order valence-corrected chi connectivity index (χ4v) is 2.98. The number of carbonyl (C=O) groups excluding carboxylic acids is 1. The van der Waals surface area contributed by atoms with Crippen molar-refractivity contribution in [3.05, 3.63) is 0 Å². The maximum atomic E-state index is 12.5. The molecule has 0 aromatic heterocycles. The maximum absolute atomic E-state index is 12.5. The van der Waals surface area contributed by atoms with Crippen LogP contribution in [0.15, 0.2) is 0 Å². The first-order valence-electron chi connectivity index (χ1n) is 7.94. The first-order chi connectivity index (χ1) is 9.15. The topological polar surface area (TPSA) is 35.6 Å². The Bertz CT molecular complexity index is 300. The Hall–Kier alpha value is -0.610. The smallest absolute Gasteiger partial charge is 0.239 e. The van der Waals surface area contributed by atoms with E-state index in [0.717, 1.165) is 39.0 Å². The van der Waals surface area contributed by atoms with Crippen LogP contribution in [-0.2, 0) is 4.79 Å². The zero-order valence-corrected chi connectivity index (χ0v) is 12.7. The lowest BCUT2D eigenvalue weighted by Gasteiger charge is -2.38. The SMILES string of the molecule is CCN(CC)CC(C)N1CCCC(NC2CC2)C1=O. The molecular formula is C15H29N3O. The fourth-order valence-electron chi connectivity index (χ4n) is 2.98. The lowest BCUT2D eigenvalue weighted by Crippen LogP contribution is -2.56. The Morgan fingerprint density at radius 1 is 1.32 bits per heavy atom. The predicted molar refractivity (Wildman–Crippen MR) is 78.1 cm³/mol. The number of amides is 1. The Morgan fingerprint density at radius 2 is 2.00 bits per heavy atom. The second-order valence-corrected chi connectivity index (χ2v) is 6.00. The Kier molecular flexibility index (Phi) is 5.22. The van der Waals surface area contributed by atoms with Gasteiger partial charge in [-0.25, -0.2) is 0 Å². The van der Waals surface area contributed by atoms with Crippen LogP contribution in [0.25, 0.3) is 0 Å². The molecule has 1 N–H and O–H groups in total. The number of piperidine rings is 1. The largest absolute Gasteiger partial charge is 0.337 e. The third-order valence-corrected chi connectivity index (χ3v) is 4.44. The maximum Gasteiger partial charge on any atom is 0.239 e. The normalized spacial score (nSPS) is 26.0. The van der Waals surface area contributed by atoms with Gasteiger partial charge in [-0.05, 0) is 45.7 Å². The molecule has 1 aliphatic carbocycles. The Balaban J connectivity index is 1.88. The van der Waals surface area contributed by atoms with Crippen molar-refractivity contribution in [2.24, 2.45) is 0 Å². The van der Waals surface area contributed by atoms with Crippen LogP contribution in [0.5, 0.6) is 0 Å². The van der Waals surface area contributed by atoms with Crippen molar-refractivity contribution in [3.8, 4) is 0 Å². The summed E-state index contributed by atoms with van der Waals surface area (Å²) in [6.45, 7) is 10.6. The number of rotatable bonds is 7. The summed E-state index contributed by atoms with van der Waals surface area (Å²) in [5.41, 5.74) is 0. The van der Waals surface area contributed by atoms with Crippen molar-refractivity contribution in [1.82, 2.24) is 15.1 Å². The summed E-state index contributed by atoms with van der Waals surface area (Å²) in [5, 5.41) is 3.50. The summed E-state index contributed by atoms with van der Waals surface area (Å²) in [6, 6.07) is 1.03. The van der Waals surface area contributed by atoms with Crippen LogP contribution in [0, 0.1) is 0 Å². The number of hydrogen-bond donors (Lipinski definition) is 1. The fraction of sp³-hybridized carbons (Fsp3) is 0.933. The molecule has 2 rings (SSSR count). The van der Waals surface area contributed by atoms with E-state index >= 15 is 0 Å². The molecule has 1 saturated carbocycles. The zero-order valence-electron chi connectivity index (χ0n) is 12.7. The van der Waals surface area contributed by atoms with Gasteiger partial charge in [0.15, 0.2) is 0 Å². The van der Waals surface area contributed by atoms with Gasteiger partial charge in [0.05, 0.1) is 6.04 Å². The van der Waals surface area contributed by atoms with E-state index in [0.29, 0.717) is 18.0 Å². The van der Waals surface area contributed by atoms with Gasteiger partial charge in [-0.15, -0.1) is 0 Å². The molecule has 1 saturated heterocycles. The molecule has 1 amide bonds. The number of hydrogen-bond acceptors (Lipinski definition) is 3. The molecule has 0 aromatic carbocycles. The van der Waals surface area contributed by atoms with Crippen LogP contribution < -0.4 is 5.32 Å². The van der Waals surface area contributed by atoms with Gasteiger partial charge in [0, 0.05) is 25.2 Å². The second-order valence-electron chi connectivity index (χ2n) is 6.00. The molecular weight excluding hydrogens is 238 g/mol. The highest BCUT2D eigenvalue weighted by molar-refractivity contribution is 5.83.